The second kappa shape index (κ2) is 38.0. The summed E-state index contributed by atoms with van der Waals surface area (Å²) in [5, 5.41) is 37.9. The van der Waals surface area contributed by atoms with Crippen molar-refractivity contribution in [2.75, 3.05) is 26.2 Å². The second-order valence-corrected chi connectivity index (χ2v) is 62.1. The lowest BCUT2D eigenvalue weighted by atomic mass is 9.71. The van der Waals surface area contributed by atoms with Crippen LogP contribution < -0.4 is 75.1 Å². The first-order chi connectivity index (χ1) is 63.7. The van der Waals surface area contributed by atoms with E-state index < -0.39 is 0 Å². The topological polar surface area (TPSA) is 262 Å². The summed E-state index contributed by atoms with van der Waals surface area (Å²) in [6.45, 7) is 108. The predicted molar refractivity (Wildman–Crippen MR) is 583 cm³/mol. The number of hydrazine groups is 6. The highest BCUT2D eigenvalue weighted by molar-refractivity contribution is 5.95. The van der Waals surface area contributed by atoms with Crippen LogP contribution in [0.5, 0.6) is 0 Å². The van der Waals surface area contributed by atoms with Gasteiger partial charge in [-0.2, -0.15) is 0 Å². The minimum Gasteiger partial charge on any atom is -0.354 e. The molecule has 29 nitrogen and oxygen atoms in total. The number of likely N-dealkylation sites (tertiary alicyclic amines) is 3. The molecular weight excluding hydrogens is 1760 g/mol. The Morgan fingerprint density at radius 3 is 0.610 bits per heavy atom. The first-order valence-electron chi connectivity index (χ1n) is 55.6. The zero-order chi connectivity index (χ0) is 105. The summed E-state index contributed by atoms with van der Waals surface area (Å²) in [5.41, 5.74) is 20.6. The van der Waals surface area contributed by atoms with Gasteiger partial charge in [-0.3, -0.25) is 76.7 Å². The lowest BCUT2D eigenvalue weighted by molar-refractivity contribution is -0.263. The molecule has 0 radical (unpaired) electrons. The fourth-order valence-electron chi connectivity index (χ4n) is 34.2. The van der Waals surface area contributed by atoms with Crippen molar-refractivity contribution in [3.8, 4) is 0 Å². The number of hydrogen-bond acceptors (Lipinski definition) is 26. The maximum Gasteiger partial charge on any atom is 0.142 e. The van der Waals surface area contributed by atoms with Crippen molar-refractivity contribution in [1.29, 1.82) is 0 Å². The summed E-state index contributed by atoms with van der Waals surface area (Å²) in [5.74, 6) is 5.17. The summed E-state index contributed by atoms with van der Waals surface area (Å²) in [4.78, 5) is 57.6. The smallest absolute Gasteiger partial charge is 0.142 e. The molecule has 0 bridgehead atoms. The molecule has 11 saturated heterocycles. The Morgan fingerprint density at radius 1 is 0.227 bits per heavy atom. The van der Waals surface area contributed by atoms with E-state index in [0.29, 0.717) is 44.3 Å². The van der Waals surface area contributed by atoms with Gasteiger partial charge in [-0.1, -0.05) is 0 Å². The van der Waals surface area contributed by atoms with Crippen LogP contribution in [0.15, 0.2) is 50.7 Å². The molecule has 0 amide bonds. The molecule has 14 rings (SSSR count). The molecular formula is C112H212N26O3. The molecule has 14 aliphatic rings. The third-order valence-electron chi connectivity index (χ3n) is 33.6. The van der Waals surface area contributed by atoms with E-state index in [-0.39, 0.29) is 170 Å². The summed E-state index contributed by atoms with van der Waals surface area (Å²) >= 11 is 0. The van der Waals surface area contributed by atoms with Crippen LogP contribution in [0.3, 0.4) is 0 Å². The molecule has 141 heavy (non-hydrogen) atoms. The fourth-order valence-corrected chi connectivity index (χ4v) is 34.2. The number of hydrogen-bond donors (Lipinski definition) is 14. The molecule has 808 valence electrons. The van der Waals surface area contributed by atoms with E-state index in [1.165, 1.54) is 0 Å². The van der Waals surface area contributed by atoms with Crippen molar-refractivity contribution in [2.24, 2.45) is 15.0 Å². The van der Waals surface area contributed by atoms with Crippen LogP contribution in [-0.2, 0) is 14.5 Å². The summed E-state index contributed by atoms with van der Waals surface area (Å²) in [6, 6.07) is 1.25. The highest BCUT2D eigenvalue weighted by atomic mass is 16.8. The Morgan fingerprint density at radius 2 is 0.404 bits per heavy atom. The van der Waals surface area contributed by atoms with E-state index in [9.17, 15) is 0 Å². The van der Waals surface area contributed by atoms with E-state index in [0.717, 1.165) is 176 Å². The van der Waals surface area contributed by atoms with Crippen LogP contribution in [0.25, 0.3) is 0 Å². The molecule has 29 heteroatoms. The minimum atomic E-state index is -0.237. The van der Waals surface area contributed by atoms with Gasteiger partial charge in [0.25, 0.3) is 0 Å². The molecule has 14 aliphatic heterocycles. The van der Waals surface area contributed by atoms with Crippen LogP contribution in [0, 0.1) is 0 Å². The van der Waals surface area contributed by atoms with Gasteiger partial charge in [-0.25, -0.2) is 0 Å². The summed E-state index contributed by atoms with van der Waals surface area (Å²) < 4.78 is 0. The molecule has 0 unspecified atom stereocenters. The van der Waals surface area contributed by atoms with Gasteiger partial charge in [-0.05, 0) is 462 Å². The first-order valence-corrected chi connectivity index (χ1v) is 55.6. The van der Waals surface area contributed by atoms with E-state index in [1.54, 1.807) is 0 Å². The zero-order valence-electron chi connectivity index (χ0n) is 98.1. The van der Waals surface area contributed by atoms with Crippen molar-refractivity contribution >= 4 is 17.5 Å². The molecule has 0 atom stereocenters. The monoisotopic (exact) mass is 1970 g/mol. The molecule has 0 saturated carbocycles. The van der Waals surface area contributed by atoms with Gasteiger partial charge >= 0.3 is 0 Å². The Kier molecular flexibility index (Phi) is 30.3. The quantitative estimate of drug-likeness (QED) is 0.0453. The van der Waals surface area contributed by atoms with E-state index in [4.69, 9.17) is 29.5 Å². The molecule has 14 heterocycles. The Hall–Kier alpha value is -4.25. The highest BCUT2D eigenvalue weighted by Crippen LogP contribution is 2.52. The third kappa shape index (κ3) is 28.5. The Labute approximate surface area is 858 Å². The number of nitrogens with one attached hydrogen (secondary N) is 14. The van der Waals surface area contributed by atoms with Crippen molar-refractivity contribution in [2.45, 2.75) is 634 Å². The lowest BCUT2D eigenvalue weighted by Gasteiger charge is -2.61. The number of aliphatic imine (C=N–C) groups is 3. The van der Waals surface area contributed by atoms with Crippen LogP contribution >= 0.6 is 0 Å². The van der Waals surface area contributed by atoms with E-state index in [2.05, 4.69) is 427 Å². The van der Waals surface area contributed by atoms with Gasteiger partial charge in [0.05, 0.1) is 36.4 Å². The van der Waals surface area contributed by atoms with Gasteiger partial charge in [0, 0.05) is 196 Å². The standard InChI is InChI=1S/C112H212N26O3/c1-91(2)58-77(59-92(3,4)122-91)131(89-50-86(117-137(120-89)140-83-70-103(25,26)128-104(27,28)71-83)114-75-54-109(37,38)134(110(39,40)55-75)80-64-97(13,14)125-98(15,16)65-80)47-45-130(88-49-85(116-136(119-88)139-82-68-101(21,22)127-102(23,24)69-82)113-74-52-107(33,34)133(108(35,36)53-74)79-62-95(9,10)124-96(11,12)63-79)46-48-132(78-60-93(5,6)123-94(7,8)61-78)90-51-87(118-138(121-90)141-84-72-105(29,30)129-106(31,32)73-84)115-76-56-111(41,42)135(112(43,44)57-76)81-66-99(17,18)126-100(19,20)67-81/h49-51,74-84,119-129H,45-48,52-73H2,1-44H3,(H,113,116)(H,114,117)(H,115,118). The molecule has 11 fully saturated rings. The van der Waals surface area contributed by atoms with Crippen LogP contribution in [-0.4, -0.2) is 277 Å². The average molecular weight is 1970 g/mol. The molecule has 0 aromatic carbocycles. The highest BCUT2D eigenvalue weighted by Gasteiger charge is 2.59. The fraction of sp³-hybridized carbons (Fsp3) is 0.920. The molecule has 0 aromatic heterocycles. The van der Waals surface area contributed by atoms with Gasteiger partial charge in [-0.15, -0.1) is 0 Å². The first kappa shape index (κ1) is 112. The van der Waals surface area contributed by atoms with Crippen LogP contribution in [0.1, 0.15) is 446 Å². The number of amidine groups is 3. The molecule has 14 N–H and O–H groups in total. The number of piperidine rings is 11. The van der Waals surface area contributed by atoms with Gasteiger partial charge in [0.1, 0.15) is 35.0 Å². The van der Waals surface area contributed by atoms with Gasteiger partial charge in [0.15, 0.2) is 0 Å². The van der Waals surface area contributed by atoms with Gasteiger partial charge in [0.2, 0.25) is 0 Å². The lowest BCUT2D eigenvalue weighted by Crippen LogP contribution is -2.70. The van der Waals surface area contributed by atoms with E-state index >= 15 is 0 Å². The SMILES string of the molecule is CC1(C)CC(ON2NC(N(CCN(C3=CC(=NC4CC(C)(C)N(C5CC(C)(C)NC(C)(C)C5)C(C)(C)C4)NN(OC4CC(C)(C)NC(C)(C)C4)N3)C3CC(C)(C)NC(C)(C)C3)CCN(C3=CC(=NC4CC(C)(C)N(C5CC(C)(C)NC(C)(C)C5)C(C)(C)C4)NN(OC4CC(C)(C)NC(C)(C)C4)N3)C3CC(C)(C)NC(C)(C)C3)=CC(=NC3CC(C)(C)N(C4CC(C)(C)NC(C)(C)C4)C(C)(C)C3)N2)CC(C)(C)N1. The maximum atomic E-state index is 7.59. The second-order valence-electron chi connectivity index (χ2n) is 62.1. The maximum absolute atomic E-state index is 7.59. The minimum absolute atomic E-state index is 0.00217. The van der Waals surface area contributed by atoms with Crippen molar-refractivity contribution in [1.82, 2.24) is 120 Å². The number of nitrogens with zero attached hydrogens (tertiary/aromatic N) is 12. The molecule has 0 aliphatic carbocycles. The number of rotatable bonds is 23. The Balaban J connectivity index is 0.924. The van der Waals surface area contributed by atoms with Crippen molar-refractivity contribution < 1.29 is 14.5 Å². The Bertz CT molecular complexity index is 4220. The van der Waals surface area contributed by atoms with Crippen molar-refractivity contribution in [3.63, 3.8) is 0 Å². The normalized spacial score (nSPS) is 32.2. The van der Waals surface area contributed by atoms with Crippen LogP contribution in [0.2, 0.25) is 0 Å². The third-order valence-corrected chi connectivity index (χ3v) is 33.6. The van der Waals surface area contributed by atoms with Crippen LogP contribution in [0.4, 0.5) is 0 Å². The van der Waals surface area contributed by atoms with Gasteiger partial charge < -0.3 is 57.2 Å². The summed E-state index contributed by atoms with van der Waals surface area (Å²) in [6.07, 6.45) is 26.8. The predicted octanol–water partition coefficient (Wildman–Crippen LogP) is 16.9. The van der Waals surface area contributed by atoms with E-state index in [1.807, 2.05) is 15.8 Å². The summed E-state index contributed by atoms with van der Waals surface area (Å²) in [7, 11) is 0. The largest absolute Gasteiger partial charge is 0.354 e. The molecule has 0 spiro atoms. The average Bonchev–Trinajstić information content (AvgIpc) is 0.983. The van der Waals surface area contributed by atoms with Crippen molar-refractivity contribution in [3.05, 3.63) is 35.7 Å². The molecule has 0 aromatic rings. The zero-order valence-corrected chi connectivity index (χ0v) is 98.1.